The van der Waals surface area contributed by atoms with E-state index >= 15 is 0 Å². The van der Waals surface area contributed by atoms with Gasteiger partial charge in [0.1, 0.15) is 17.6 Å². The highest BCUT2D eigenvalue weighted by atomic mass is 19.4. The van der Waals surface area contributed by atoms with E-state index in [0.29, 0.717) is 11.1 Å². The van der Waals surface area contributed by atoms with Gasteiger partial charge in [0.2, 0.25) is 0 Å². The van der Waals surface area contributed by atoms with Crippen molar-refractivity contribution in [2.24, 2.45) is 0 Å². The molecule has 0 amide bonds. The van der Waals surface area contributed by atoms with Crippen molar-refractivity contribution in [1.82, 2.24) is 4.90 Å². The standard InChI is InChI=1S/C21H21F8NO3/c1-2-16(31)18(30(19(22)23)20(24,25)26)32-17-9-4-3-7-14(17)11-10-13-6-5-8-15(12-13)33-21(27,28)29/h3-9,12,16,18-19,31H,2,10-11H2,1H3. The zero-order valence-corrected chi connectivity index (χ0v) is 17.2. The van der Waals surface area contributed by atoms with Gasteiger partial charge in [0.25, 0.3) is 0 Å². The smallest absolute Gasteiger partial charge is 0.472 e. The van der Waals surface area contributed by atoms with Gasteiger partial charge in [0, 0.05) is 0 Å². The molecular formula is C21H21F8NO3. The van der Waals surface area contributed by atoms with Gasteiger partial charge < -0.3 is 14.6 Å². The van der Waals surface area contributed by atoms with Gasteiger partial charge in [-0.2, -0.15) is 22.0 Å². The quantitative estimate of drug-likeness (QED) is 0.258. The lowest BCUT2D eigenvalue weighted by molar-refractivity contribution is -0.337. The largest absolute Gasteiger partial charge is 0.573 e. The summed E-state index contributed by atoms with van der Waals surface area (Å²) in [5.41, 5.74) is 0.741. The molecule has 0 bridgehead atoms. The molecule has 2 rings (SSSR count). The average Bonchev–Trinajstić information content (AvgIpc) is 2.69. The van der Waals surface area contributed by atoms with Crippen LogP contribution in [0.3, 0.4) is 0 Å². The van der Waals surface area contributed by atoms with Gasteiger partial charge in [0.15, 0.2) is 6.23 Å². The first-order valence-electron chi connectivity index (χ1n) is 9.72. The third-order valence-corrected chi connectivity index (χ3v) is 4.56. The molecule has 2 aromatic carbocycles. The Bertz CT molecular complexity index is 888. The molecule has 33 heavy (non-hydrogen) atoms. The molecule has 2 unspecified atom stereocenters. The zero-order chi connectivity index (χ0) is 24.8. The van der Waals surface area contributed by atoms with Crippen LogP contribution >= 0.6 is 0 Å². The van der Waals surface area contributed by atoms with Crippen LogP contribution < -0.4 is 9.47 Å². The maximum Gasteiger partial charge on any atom is 0.573 e. The molecule has 0 aromatic heterocycles. The molecule has 12 heteroatoms. The molecule has 2 aromatic rings. The van der Waals surface area contributed by atoms with Gasteiger partial charge in [-0.3, -0.25) is 0 Å². The fourth-order valence-electron chi connectivity index (χ4n) is 3.02. The van der Waals surface area contributed by atoms with Crippen LogP contribution in [0.2, 0.25) is 0 Å². The molecule has 4 nitrogen and oxygen atoms in total. The first-order chi connectivity index (χ1) is 15.3. The van der Waals surface area contributed by atoms with Crippen molar-refractivity contribution in [1.29, 1.82) is 0 Å². The number of aryl methyl sites for hydroxylation is 2. The summed E-state index contributed by atoms with van der Waals surface area (Å²) in [4.78, 5) is -1.17. The number of hydrogen-bond donors (Lipinski definition) is 1. The highest BCUT2D eigenvalue weighted by Gasteiger charge is 2.50. The predicted molar refractivity (Wildman–Crippen MR) is 102 cm³/mol. The number of aliphatic hydroxyl groups is 1. The Kier molecular flexibility index (Phi) is 8.89. The molecule has 0 radical (unpaired) electrons. The number of para-hydroxylation sites is 1. The van der Waals surface area contributed by atoms with Crippen molar-refractivity contribution in [3.05, 3.63) is 59.7 Å². The number of ether oxygens (including phenoxy) is 2. The minimum absolute atomic E-state index is 0.0985. The molecule has 0 aliphatic rings. The van der Waals surface area contributed by atoms with Gasteiger partial charge in [0.05, 0.1) is 0 Å². The molecular weight excluding hydrogens is 466 g/mol. The Balaban J connectivity index is 2.24. The number of halogens is 8. The Morgan fingerprint density at radius 2 is 1.61 bits per heavy atom. The number of aliphatic hydroxyl groups excluding tert-OH is 1. The Labute approximate surface area is 184 Å². The second-order valence-corrected chi connectivity index (χ2v) is 6.94. The molecule has 184 valence electrons. The molecule has 0 spiro atoms. The van der Waals surface area contributed by atoms with Crippen LogP contribution in [0.25, 0.3) is 0 Å². The summed E-state index contributed by atoms with van der Waals surface area (Å²) in [6.45, 7) is -2.68. The Morgan fingerprint density at radius 3 is 2.18 bits per heavy atom. The van der Waals surface area contributed by atoms with Crippen molar-refractivity contribution in [2.75, 3.05) is 0 Å². The molecule has 0 aliphatic carbocycles. The molecule has 0 saturated carbocycles. The second-order valence-electron chi connectivity index (χ2n) is 6.94. The van der Waals surface area contributed by atoms with Gasteiger partial charge in [-0.05, 0) is 48.6 Å². The van der Waals surface area contributed by atoms with Crippen LogP contribution in [0.5, 0.6) is 11.5 Å². The van der Waals surface area contributed by atoms with Crippen LogP contribution in [0.1, 0.15) is 24.5 Å². The summed E-state index contributed by atoms with van der Waals surface area (Å²) in [5.74, 6) is -0.610. The lowest BCUT2D eigenvalue weighted by atomic mass is 10.0. The SMILES string of the molecule is CCC(O)C(Oc1ccccc1CCc1cccc(OC(F)(F)F)c1)N(C(F)F)C(F)(F)F. The summed E-state index contributed by atoms with van der Waals surface area (Å²) in [5, 5.41) is 9.98. The third kappa shape index (κ3) is 8.04. The van der Waals surface area contributed by atoms with Crippen molar-refractivity contribution in [3.63, 3.8) is 0 Å². The van der Waals surface area contributed by atoms with E-state index in [9.17, 15) is 40.2 Å². The predicted octanol–water partition coefficient (Wildman–Crippen LogP) is 5.89. The number of rotatable bonds is 10. The summed E-state index contributed by atoms with van der Waals surface area (Å²) in [6, 6.07) is 10.8. The molecule has 0 fully saturated rings. The van der Waals surface area contributed by atoms with E-state index in [1.807, 2.05) is 0 Å². The normalized spacial score (nSPS) is 14.4. The monoisotopic (exact) mass is 487 g/mol. The van der Waals surface area contributed by atoms with Crippen LogP contribution in [0, 0.1) is 0 Å². The summed E-state index contributed by atoms with van der Waals surface area (Å²) >= 11 is 0. The summed E-state index contributed by atoms with van der Waals surface area (Å²) < 4.78 is 112. The Morgan fingerprint density at radius 1 is 0.939 bits per heavy atom. The van der Waals surface area contributed by atoms with E-state index in [2.05, 4.69) is 4.74 Å². The molecule has 2 atom stereocenters. The van der Waals surface area contributed by atoms with Crippen molar-refractivity contribution >= 4 is 0 Å². The topological polar surface area (TPSA) is 41.9 Å². The summed E-state index contributed by atoms with van der Waals surface area (Å²) in [7, 11) is 0. The number of hydrogen-bond acceptors (Lipinski definition) is 4. The Hall–Kier alpha value is -2.60. The lowest BCUT2D eigenvalue weighted by Crippen LogP contribution is -2.56. The third-order valence-electron chi connectivity index (χ3n) is 4.56. The van der Waals surface area contributed by atoms with Gasteiger partial charge in [-0.15, -0.1) is 18.1 Å². The van der Waals surface area contributed by atoms with Crippen molar-refractivity contribution in [3.8, 4) is 11.5 Å². The zero-order valence-electron chi connectivity index (χ0n) is 17.2. The van der Waals surface area contributed by atoms with E-state index < -0.39 is 42.2 Å². The van der Waals surface area contributed by atoms with E-state index in [-0.39, 0.29) is 25.0 Å². The van der Waals surface area contributed by atoms with E-state index in [0.717, 1.165) is 12.1 Å². The highest BCUT2D eigenvalue weighted by molar-refractivity contribution is 5.35. The fraction of sp³-hybridized carbons (Fsp3) is 0.429. The highest BCUT2D eigenvalue weighted by Crippen LogP contribution is 2.32. The number of benzene rings is 2. The van der Waals surface area contributed by atoms with E-state index in [4.69, 9.17) is 4.74 Å². The van der Waals surface area contributed by atoms with Crippen molar-refractivity contribution in [2.45, 2.75) is 57.7 Å². The number of nitrogens with zero attached hydrogens (tertiary/aromatic N) is 1. The van der Waals surface area contributed by atoms with Crippen LogP contribution in [0.4, 0.5) is 35.1 Å². The molecule has 1 N–H and O–H groups in total. The molecule has 0 heterocycles. The first-order valence-corrected chi connectivity index (χ1v) is 9.72. The van der Waals surface area contributed by atoms with Gasteiger partial charge in [-0.25, -0.2) is 0 Å². The molecule has 0 saturated heterocycles. The van der Waals surface area contributed by atoms with Crippen molar-refractivity contribution < 1.29 is 49.7 Å². The second kappa shape index (κ2) is 11.0. The van der Waals surface area contributed by atoms with Gasteiger partial charge >= 0.3 is 19.2 Å². The van der Waals surface area contributed by atoms with E-state index in [1.54, 1.807) is 0 Å². The van der Waals surface area contributed by atoms with Crippen LogP contribution in [-0.2, 0) is 12.8 Å². The number of alkyl halides is 8. The summed E-state index contributed by atoms with van der Waals surface area (Å²) in [6.07, 6.45) is -14.7. The van der Waals surface area contributed by atoms with Gasteiger partial charge in [-0.1, -0.05) is 37.3 Å². The first kappa shape index (κ1) is 26.7. The average molecular weight is 487 g/mol. The van der Waals surface area contributed by atoms with Crippen LogP contribution in [0.15, 0.2) is 48.5 Å². The minimum Gasteiger partial charge on any atom is -0.472 e. The van der Waals surface area contributed by atoms with E-state index in [1.165, 1.54) is 43.3 Å². The lowest BCUT2D eigenvalue weighted by Gasteiger charge is -2.35. The minimum atomic E-state index is -5.48. The molecule has 0 aliphatic heterocycles. The maximum absolute atomic E-state index is 13.2. The maximum atomic E-state index is 13.2. The van der Waals surface area contributed by atoms with Crippen LogP contribution in [-0.4, -0.2) is 41.6 Å². The fourth-order valence-corrected chi connectivity index (χ4v) is 3.02.